The number of methoxy groups -OCH3 is 1. The van der Waals surface area contributed by atoms with Gasteiger partial charge in [-0.15, -0.1) is 12.4 Å². The highest BCUT2D eigenvalue weighted by Gasteiger charge is 2.40. The van der Waals surface area contributed by atoms with Gasteiger partial charge in [-0.2, -0.15) is 0 Å². The van der Waals surface area contributed by atoms with Gasteiger partial charge in [-0.05, 0) is 43.0 Å². The summed E-state index contributed by atoms with van der Waals surface area (Å²) in [4.78, 5) is 14.7. The minimum atomic E-state index is -0.653. The first-order chi connectivity index (χ1) is 9.64. The molecular formula is C16H23ClN2O2. The Kier molecular flexibility index (Phi) is 4.79. The number of fused-ring (bicyclic) bond motifs is 1. The summed E-state index contributed by atoms with van der Waals surface area (Å²) in [6.07, 6.45) is 5.83. The molecule has 21 heavy (non-hydrogen) atoms. The summed E-state index contributed by atoms with van der Waals surface area (Å²) in [5.41, 5.74) is 7.91. The van der Waals surface area contributed by atoms with Crippen molar-refractivity contribution in [3.05, 3.63) is 23.8 Å². The van der Waals surface area contributed by atoms with E-state index in [-0.39, 0.29) is 18.3 Å². The summed E-state index contributed by atoms with van der Waals surface area (Å²) in [6, 6.07) is 5.91. The van der Waals surface area contributed by atoms with Crippen molar-refractivity contribution in [2.45, 2.75) is 44.1 Å². The van der Waals surface area contributed by atoms with Crippen LogP contribution in [0.4, 0.5) is 5.69 Å². The van der Waals surface area contributed by atoms with E-state index < -0.39 is 5.54 Å². The Morgan fingerprint density at radius 2 is 2.00 bits per heavy atom. The summed E-state index contributed by atoms with van der Waals surface area (Å²) in [5, 5.41) is 0. The molecule has 116 valence electrons. The van der Waals surface area contributed by atoms with E-state index in [1.807, 2.05) is 23.1 Å². The van der Waals surface area contributed by atoms with Crippen LogP contribution in [0.1, 0.15) is 37.7 Å². The van der Waals surface area contributed by atoms with Crippen molar-refractivity contribution in [3.63, 3.8) is 0 Å². The first-order valence-electron chi connectivity index (χ1n) is 7.42. The van der Waals surface area contributed by atoms with Crippen LogP contribution in [0.5, 0.6) is 5.75 Å². The van der Waals surface area contributed by atoms with Crippen LogP contribution in [-0.2, 0) is 11.2 Å². The second kappa shape index (κ2) is 6.24. The van der Waals surface area contributed by atoms with E-state index >= 15 is 0 Å². The van der Waals surface area contributed by atoms with E-state index in [1.165, 1.54) is 12.0 Å². The SMILES string of the molecule is COc1ccc2c(c1)CCN2C(=O)C1(N)CCCCC1.Cl. The lowest BCUT2D eigenvalue weighted by Crippen LogP contribution is -2.56. The van der Waals surface area contributed by atoms with Crippen LogP contribution in [0.2, 0.25) is 0 Å². The molecule has 3 rings (SSSR count). The van der Waals surface area contributed by atoms with E-state index in [0.29, 0.717) is 0 Å². The molecule has 1 aliphatic carbocycles. The Labute approximate surface area is 132 Å². The first kappa shape index (κ1) is 16.1. The molecule has 0 spiro atoms. The van der Waals surface area contributed by atoms with Crippen molar-refractivity contribution in [1.29, 1.82) is 0 Å². The van der Waals surface area contributed by atoms with Crippen molar-refractivity contribution in [1.82, 2.24) is 0 Å². The summed E-state index contributed by atoms with van der Waals surface area (Å²) in [5.74, 6) is 0.944. The highest BCUT2D eigenvalue weighted by atomic mass is 35.5. The highest BCUT2D eigenvalue weighted by Crippen LogP contribution is 2.35. The molecule has 0 bridgehead atoms. The smallest absolute Gasteiger partial charge is 0.247 e. The van der Waals surface area contributed by atoms with Gasteiger partial charge < -0.3 is 15.4 Å². The Morgan fingerprint density at radius 1 is 1.29 bits per heavy atom. The molecule has 1 aliphatic heterocycles. The predicted molar refractivity (Wildman–Crippen MR) is 86.3 cm³/mol. The molecule has 1 amide bonds. The average Bonchev–Trinajstić information content (AvgIpc) is 2.89. The molecule has 0 saturated heterocycles. The Hall–Kier alpha value is -1.26. The molecule has 1 heterocycles. The predicted octanol–water partition coefficient (Wildman–Crippen LogP) is 2.67. The van der Waals surface area contributed by atoms with E-state index in [4.69, 9.17) is 10.5 Å². The molecule has 1 aromatic carbocycles. The Balaban J connectivity index is 0.00000161. The molecule has 1 fully saturated rings. The third-order valence-corrected chi connectivity index (χ3v) is 4.60. The number of hydrogen-bond acceptors (Lipinski definition) is 3. The molecule has 1 aromatic rings. The number of ether oxygens (including phenoxy) is 1. The first-order valence-corrected chi connectivity index (χ1v) is 7.42. The van der Waals surface area contributed by atoms with Crippen LogP contribution in [0.3, 0.4) is 0 Å². The lowest BCUT2D eigenvalue weighted by molar-refractivity contribution is -0.124. The van der Waals surface area contributed by atoms with Crippen LogP contribution in [-0.4, -0.2) is 25.1 Å². The van der Waals surface area contributed by atoms with Gasteiger partial charge in [0.1, 0.15) is 5.75 Å². The standard InChI is InChI=1S/C16H22N2O2.ClH/c1-20-13-5-6-14-12(11-13)7-10-18(14)15(19)16(17)8-3-2-4-9-16;/h5-6,11H,2-4,7-10,17H2,1H3;1H. The largest absolute Gasteiger partial charge is 0.497 e. The quantitative estimate of drug-likeness (QED) is 0.913. The van der Waals surface area contributed by atoms with Gasteiger partial charge in [0, 0.05) is 12.2 Å². The third-order valence-electron chi connectivity index (χ3n) is 4.60. The molecule has 0 aromatic heterocycles. The van der Waals surface area contributed by atoms with Crippen LogP contribution < -0.4 is 15.4 Å². The van der Waals surface area contributed by atoms with Crippen LogP contribution in [0.15, 0.2) is 18.2 Å². The van der Waals surface area contributed by atoms with Gasteiger partial charge in [-0.3, -0.25) is 4.79 Å². The molecule has 0 atom stereocenters. The second-order valence-electron chi connectivity index (χ2n) is 5.92. The zero-order valence-electron chi connectivity index (χ0n) is 12.4. The maximum absolute atomic E-state index is 12.8. The highest BCUT2D eigenvalue weighted by molar-refractivity contribution is 6.01. The number of nitrogens with two attached hydrogens (primary N) is 1. The van der Waals surface area contributed by atoms with Gasteiger partial charge in [-0.25, -0.2) is 0 Å². The summed E-state index contributed by atoms with van der Waals surface area (Å²) >= 11 is 0. The molecule has 4 nitrogen and oxygen atoms in total. The van der Waals surface area contributed by atoms with E-state index in [9.17, 15) is 4.79 Å². The normalized spacial score (nSPS) is 19.6. The second-order valence-corrected chi connectivity index (χ2v) is 5.92. The summed E-state index contributed by atoms with van der Waals surface area (Å²) < 4.78 is 5.24. The van der Waals surface area contributed by atoms with Crippen LogP contribution >= 0.6 is 12.4 Å². The van der Waals surface area contributed by atoms with Crippen molar-refractivity contribution in [2.24, 2.45) is 5.73 Å². The van der Waals surface area contributed by atoms with Gasteiger partial charge in [0.25, 0.3) is 0 Å². The molecule has 0 radical (unpaired) electrons. The molecule has 2 N–H and O–H groups in total. The van der Waals surface area contributed by atoms with Crippen molar-refractivity contribution < 1.29 is 9.53 Å². The fourth-order valence-corrected chi connectivity index (χ4v) is 3.38. The summed E-state index contributed by atoms with van der Waals surface area (Å²) in [6.45, 7) is 0.736. The van der Waals surface area contributed by atoms with Gasteiger partial charge in [0.05, 0.1) is 12.6 Å². The molecular weight excluding hydrogens is 288 g/mol. The lowest BCUT2D eigenvalue weighted by atomic mass is 9.81. The number of rotatable bonds is 2. The fraction of sp³-hybridized carbons (Fsp3) is 0.562. The third kappa shape index (κ3) is 2.87. The molecule has 0 unspecified atom stereocenters. The van der Waals surface area contributed by atoms with Gasteiger partial charge in [-0.1, -0.05) is 19.3 Å². The maximum atomic E-state index is 12.8. The fourth-order valence-electron chi connectivity index (χ4n) is 3.38. The number of carbonyl (C=O) groups excluding carboxylic acids is 1. The van der Waals surface area contributed by atoms with Crippen LogP contribution in [0, 0.1) is 0 Å². The number of anilines is 1. The van der Waals surface area contributed by atoms with Gasteiger partial charge in [0.15, 0.2) is 0 Å². The van der Waals surface area contributed by atoms with Gasteiger partial charge in [0.2, 0.25) is 5.91 Å². The minimum absolute atomic E-state index is 0. The average molecular weight is 311 g/mol. The van der Waals surface area contributed by atoms with Crippen molar-refractivity contribution in [2.75, 3.05) is 18.6 Å². The monoisotopic (exact) mass is 310 g/mol. The Bertz CT molecular complexity index is 527. The minimum Gasteiger partial charge on any atom is -0.497 e. The number of amides is 1. The van der Waals surface area contributed by atoms with E-state index in [2.05, 4.69) is 0 Å². The molecule has 2 aliphatic rings. The maximum Gasteiger partial charge on any atom is 0.247 e. The van der Waals surface area contributed by atoms with E-state index in [0.717, 1.165) is 50.1 Å². The van der Waals surface area contributed by atoms with Crippen LogP contribution in [0.25, 0.3) is 0 Å². The zero-order chi connectivity index (χ0) is 14.2. The topological polar surface area (TPSA) is 55.6 Å². The number of carbonyl (C=O) groups is 1. The number of benzene rings is 1. The van der Waals surface area contributed by atoms with Gasteiger partial charge >= 0.3 is 0 Å². The van der Waals surface area contributed by atoms with Crippen molar-refractivity contribution >= 4 is 24.0 Å². The zero-order valence-corrected chi connectivity index (χ0v) is 13.2. The number of nitrogens with zero attached hydrogens (tertiary/aromatic N) is 1. The lowest BCUT2D eigenvalue weighted by Gasteiger charge is -2.35. The molecule has 5 heteroatoms. The van der Waals surface area contributed by atoms with Crippen molar-refractivity contribution in [3.8, 4) is 5.75 Å². The Morgan fingerprint density at radius 3 is 2.67 bits per heavy atom. The number of halogens is 1. The molecule has 1 saturated carbocycles. The number of hydrogen-bond donors (Lipinski definition) is 1. The van der Waals surface area contributed by atoms with E-state index in [1.54, 1.807) is 7.11 Å². The summed E-state index contributed by atoms with van der Waals surface area (Å²) in [7, 11) is 1.66.